The van der Waals surface area contributed by atoms with Crippen molar-refractivity contribution < 1.29 is 0 Å². The van der Waals surface area contributed by atoms with Crippen LogP contribution in [0, 0.1) is 0 Å². The molecule has 0 radical (unpaired) electrons. The Morgan fingerprint density at radius 2 is 2.67 bits per heavy atom. The molecule has 1 nitrogen and oxygen atoms in total. The van der Waals surface area contributed by atoms with Gasteiger partial charge in [0.1, 0.15) is 0 Å². The van der Waals surface area contributed by atoms with Crippen LogP contribution >= 0.6 is 21.8 Å². The summed E-state index contributed by atoms with van der Waals surface area (Å²) in [6.45, 7) is 0. The standard InChI is InChI=1S/C3H5NS2/c1-2-4-6-5-3-1/h1-2,4H,3H2. The first-order valence-electron chi connectivity index (χ1n) is 1.69. The van der Waals surface area contributed by atoms with Crippen molar-refractivity contribution in [3.8, 4) is 0 Å². The van der Waals surface area contributed by atoms with Crippen LogP contribution in [0.15, 0.2) is 12.3 Å². The molecule has 34 valence electrons. The molecule has 0 aromatic heterocycles. The molecule has 0 aromatic carbocycles. The SMILES string of the molecule is C1=CNSSC1. The third kappa shape index (κ3) is 1.14. The molecule has 1 N–H and O–H groups in total. The highest BCUT2D eigenvalue weighted by Gasteiger charge is 1.86. The van der Waals surface area contributed by atoms with Gasteiger partial charge in [-0.05, 0) is 0 Å². The van der Waals surface area contributed by atoms with Gasteiger partial charge in [0.25, 0.3) is 0 Å². The second kappa shape index (κ2) is 2.42. The second-order valence-electron chi connectivity index (χ2n) is 0.888. The first-order chi connectivity index (χ1) is 3.00. The molecule has 1 aliphatic heterocycles. The van der Waals surface area contributed by atoms with E-state index in [0.717, 1.165) is 5.75 Å². The molecule has 3 heteroatoms. The lowest BCUT2D eigenvalue weighted by Crippen LogP contribution is -1.91. The normalized spacial score (nSPS) is 20.0. The van der Waals surface area contributed by atoms with E-state index in [1.165, 1.54) is 0 Å². The minimum absolute atomic E-state index is 1.14. The predicted molar refractivity (Wildman–Crippen MR) is 32.3 cm³/mol. The van der Waals surface area contributed by atoms with E-state index in [1.807, 2.05) is 17.0 Å². The summed E-state index contributed by atoms with van der Waals surface area (Å²) in [7, 11) is 3.49. The third-order valence-electron chi connectivity index (χ3n) is 0.457. The monoisotopic (exact) mass is 119 g/mol. The fraction of sp³-hybridized carbons (Fsp3) is 0.333. The summed E-state index contributed by atoms with van der Waals surface area (Å²) >= 11 is 0. The van der Waals surface area contributed by atoms with Gasteiger partial charge in [-0.1, -0.05) is 16.9 Å². The molecular formula is C3H5NS2. The van der Waals surface area contributed by atoms with Gasteiger partial charge in [0.15, 0.2) is 0 Å². The predicted octanol–water partition coefficient (Wildman–Crippen LogP) is 1.40. The fourth-order valence-electron chi connectivity index (χ4n) is 0.231. The highest BCUT2D eigenvalue weighted by atomic mass is 33.1. The first-order valence-corrected chi connectivity index (χ1v) is 4.01. The van der Waals surface area contributed by atoms with Gasteiger partial charge in [0, 0.05) is 22.9 Å². The minimum Gasteiger partial charge on any atom is -0.328 e. The van der Waals surface area contributed by atoms with Crippen molar-refractivity contribution in [1.82, 2.24) is 4.72 Å². The van der Waals surface area contributed by atoms with E-state index in [4.69, 9.17) is 0 Å². The van der Waals surface area contributed by atoms with E-state index < -0.39 is 0 Å². The number of hydrogen-bond donors (Lipinski definition) is 1. The lowest BCUT2D eigenvalue weighted by Gasteiger charge is -1.99. The molecule has 0 spiro atoms. The molecule has 0 aliphatic carbocycles. The molecule has 0 bridgehead atoms. The van der Waals surface area contributed by atoms with Crippen molar-refractivity contribution >= 4 is 21.8 Å². The Kier molecular flexibility index (Phi) is 1.77. The van der Waals surface area contributed by atoms with Crippen LogP contribution < -0.4 is 4.72 Å². The molecule has 1 rings (SSSR count). The van der Waals surface area contributed by atoms with Crippen molar-refractivity contribution in [2.24, 2.45) is 0 Å². The van der Waals surface area contributed by atoms with Crippen molar-refractivity contribution in [2.45, 2.75) is 0 Å². The van der Waals surface area contributed by atoms with Crippen LogP contribution in [-0.2, 0) is 0 Å². The van der Waals surface area contributed by atoms with Crippen molar-refractivity contribution in [3.63, 3.8) is 0 Å². The van der Waals surface area contributed by atoms with Crippen LogP contribution in [0.3, 0.4) is 0 Å². The first kappa shape index (κ1) is 4.40. The zero-order valence-electron chi connectivity index (χ0n) is 3.18. The van der Waals surface area contributed by atoms with Gasteiger partial charge in [0.2, 0.25) is 0 Å². The summed E-state index contributed by atoms with van der Waals surface area (Å²) in [5, 5.41) is 0. The van der Waals surface area contributed by atoms with E-state index in [-0.39, 0.29) is 0 Å². The lowest BCUT2D eigenvalue weighted by atomic mass is 10.7. The summed E-state index contributed by atoms with van der Waals surface area (Å²) in [5.74, 6) is 1.14. The summed E-state index contributed by atoms with van der Waals surface area (Å²) in [4.78, 5) is 0. The number of rotatable bonds is 0. The smallest absolute Gasteiger partial charge is 0.0252 e. The van der Waals surface area contributed by atoms with Crippen LogP contribution in [0.5, 0.6) is 0 Å². The maximum atomic E-state index is 2.98. The molecule has 0 amide bonds. The molecule has 0 aromatic rings. The highest BCUT2D eigenvalue weighted by molar-refractivity contribution is 8.76. The Hall–Kier alpha value is 0.240. The quantitative estimate of drug-likeness (QED) is 0.382. The zero-order valence-corrected chi connectivity index (χ0v) is 4.81. The summed E-state index contributed by atoms with van der Waals surface area (Å²) in [5.41, 5.74) is 0. The average Bonchev–Trinajstić information content (AvgIpc) is 1.72. The van der Waals surface area contributed by atoms with Crippen LogP contribution in [0.25, 0.3) is 0 Å². The Bertz CT molecular complexity index is 53.8. The molecule has 0 saturated carbocycles. The van der Waals surface area contributed by atoms with Gasteiger partial charge in [-0.15, -0.1) is 0 Å². The van der Waals surface area contributed by atoms with E-state index in [9.17, 15) is 0 Å². The number of hydrogen-bond acceptors (Lipinski definition) is 3. The molecule has 0 fully saturated rings. The second-order valence-corrected chi connectivity index (χ2v) is 3.07. The molecule has 0 saturated heterocycles. The zero-order chi connectivity index (χ0) is 4.24. The van der Waals surface area contributed by atoms with E-state index in [2.05, 4.69) is 10.8 Å². The van der Waals surface area contributed by atoms with E-state index >= 15 is 0 Å². The third-order valence-corrected chi connectivity index (χ3v) is 2.19. The van der Waals surface area contributed by atoms with Gasteiger partial charge in [-0.3, -0.25) is 0 Å². The maximum Gasteiger partial charge on any atom is 0.0252 e. The van der Waals surface area contributed by atoms with Crippen molar-refractivity contribution in [1.29, 1.82) is 0 Å². The van der Waals surface area contributed by atoms with Crippen LogP contribution in [0.2, 0.25) is 0 Å². The molecule has 0 atom stereocenters. The lowest BCUT2D eigenvalue weighted by molar-refractivity contribution is 1.41. The molecule has 0 unspecified atom stereocenters. The van der Waals surface area contributed by atoms with E-state index in [0.29, 0.717) is 0 Å². The largest absolute Gasteiger partial charge is 0.328 e. The Morgan fingerprint density at radius 1 is 1.67 bits per heavy atom. The number of nitrogens with one attached hydrogen (secondary N) is 1. The van der Waals surface area contributed by atoms with Gasteiger partial charge < -0.3 is 4.72 Å². The summed E-state index contributed by atoms with van der Waals surface area (Å²) in [6, 6.07) is 0. The van der Waals surface area contributed by atoms with Crippen LogP contribution in [-0.4, -0.2) is 5.75 Å². The Labute approximate surface area is 45.1 Å². The fourth-order valence-corrected chi connectivity index (χ4v) is 1.50. The molecule has 1 aliphatic rings. The van der Waals surface area contributed by atoms with E-state index in [1.54, 1.807) is 11.0 Å². The molecule has 1 heterocycles. The Morgan fingerprint density at radius 3 is 2.83 bits per heavy atom. The summed E-state index contributed by atoms with van der Waals surface area (Å²) < 4.78 is 2.98. The average molecular weight is 119 g/mol. The highest BCUT2D eigenvalue weighted by Crippen LogP contribution is 2.19. The van der Waals surface area contributed by atoms with Gasteiger partial charge in [-0.25, -0.2) is 0 Å². The van der Waals surface area contributed by atoms with Crippen LogP contribution in [0.1, 0.15) is 0 Å². The molecular weight excluding hydrogens is 114 g/mol. The van der Waals surface area contributed by atoms with Gasteiger partial charge in [0.05, 0.1) is 0 Å². The van der Waals surface area contributed by atoms with Crippen molar-refractivity contribution in [3.05, 3.63) is 12.3 Å². The maximum absolute atomic E-state index is 2.98. The van der Waals surface area contributed by atoms with Crippen LogP contribution in [0.4, 0.5) is 0 Å². The Balaban J connectivity index is 2.26. The topological polar surface area (TPSA) is 12.0 Å². The summed E-state index contributed by atoms with van der Waals surface area (Å²) in [6.07, 6.45) is 4.06. The van der Waals surface area contributed by atoms with Gasteiger partial charge >= 0.3 is 0 Å². The minimum atomic E-state index is 1.14. The van der Waals surface area contributed by atoms with Crippen molar-refractivity contribution in [2.75, 3.05) is 5.75 Å². The molecule has 6 heavy (non-hydrogen) atoms. The van der Waals surface area contributed by atoms with Gasteiger partial charge in [-0.2, -0.15) is 0 Å².